The third-order valence-corrected chi connectivity index (χ3v) is 2.62. The summed E-state index contributed by atoms with van der Waals surface area (Å²) >= 11 is 0. The summed E-state index contributed by atoms with van der Waals surface area (Å²) in [6.07, 6.45) is 10.8. The number of allylic oxidation sites excluding steroid dienone is 5. The molecule has 0 aromatic carbocycles. The van der Waals surface area contributed by atoms with Crippen molar-refractivity contribution < 1.29 is 9.47 Å². The van der Waals surface area contributed by atoms with Crippen molar-refractivity contribution in [3.63, 3.8) is 0 Å². The molecule has 1 aliphatic rings. The van der Waals surface area contributed by atoms with Crippen molar-refractivity contribution in [1.82, 2.24) is 4.90 Å². The van der Waals surface area contributed by atoms with E-state index in [1.807, 2.05) is 19.1 Å². The predicted octanol–water partition coefficient (Wildman–Crippen LogP) is 2.37. The molecule has 0 saturated carbocycles. The highest BCUT2D eigenvalue weighted by Crippen LogP contribution is 2.15. The number of epoxide rings is 1. The van der Waals surface area contributed by atoms with Gasteiger partial charge in [-0.05, 0) is 19.9 Å². The van der Waals surface area contributed by atoms with Crippen molar-refractivity contribution in [2.75, 3.05) is 33.4 Å². The van der Waals surface area contributed by atoms with Gasteiger partial charge < -0.3 is 14.4 Å². The van der Waals surface area contributed by atoms with E-state index in [0.717, 1.165) is 26.3 Å². The Morgan fingerprint density at radius 1 is 1.41 bits per heavy atom. The van der Waals surface area contributed by atoms with Gasteiger partial charge in [0, 0.05) is 25.9 Å². The Bertz CT molecular complexity index is 291. The summed E-state index contributed by atoms with van der Waals surface area (Å²) in [5.41, 5.74) is 1.22. The second kappa shape index (κ2) is 8.09. The van der Waals surface area contributed by atoms with Gasteiger partial charge in [-0.25, -0.2) is 0 Å². The van der Waals surface area contributed by atoms with E-state index < -0.39 is 0 Å². The number of hydrogen-bond acceptors (Lipinski definition) is 3. The summed E-state index contributed by atoms with van der Waals surface area (Å²) < 4.78 is 10.4. The minimum Gasteiger partial charge on any atom is -0.383 e. The van der Waals surface area contributed by atoms with Gasteiger partial charge in [-0.15, -0.1) is 0 Å². The first-order valence-corrected chi connectivity index (χ1v) is 6.13. The Balaban J connectivity index is 2.56. The molecule has 0 spiro atoms. The van der Waals surface area contributed by atoms with E-state index in [0.29, 0.717) is 6.10 Å². The van der Waals surface area contributed by atoms with E-state index in [9.17, 15) is 0 Å². The third kappa shape index (κ3) is 5.71. The fraction of sp³-hybridized carbons (Fsp3) is 0.571. The van der Waals surface area contributed by atoms with Crippen LogP contribution in [0.25, 0.3) is 0 Å². The van der Waals surface area contributed by atoms with Crippen LogP contribution in [0.4, 0.5) is 0 Å². The highest BCUT2D eigenvalue weighted by Gasteiger charge is 2.25. The molecular weight excluding hydrogens is 214 g/mol. The topological polar surface area (TPSA) is 25.0 Å². The minimum atomic E-state index is 0.400. The molecule has 1 heterocycles. The molecule has 96 valence electrons. The lowest BCUT2D eigenvalue weighted by Crippen LogP contribution is -2.30. The lowest BCUT2D eigenvalue weighted by atomic mass is 10.2. The average Bonchev–Trinajstić information content (AvgIpc) is 3.14. The predicted molar refractivity (Wildman–Crippen MR) is 70.9 cm³/mol. The SMILES string of the molecule is C\C=C/C=C\C(=C/C)N(CCOC)CC1CO1. The molecule has 1 fully saturated rings. The monoisotopic (exact) mass is 237 g/mol. The summed E-state index contributed by atoms with van der Waals surface area (Å²) in [5, 5.41) is 0. The Morgan fingerprint density at radius 2 is 2.18 bits per heavy atom. The van der Waals surface area contributed by atoms with Crippen LogP contribution < -0.4 is 0 Å². The maximum absolute atomic E-state index is 5.29. The van der Waals surface area contributed by atoms with Gasteiger partial charge in [-0.1, -0.05) is 24.3 Å². The maximum atomic E-state index is 5.29. The van der Waals surface area contributed by atoms with Crippen molar-refractivity contribution >= 4 is 0 Å². The first-order valence-electron chi connectivity index (χ1n) is 6.13. The van der Waals surface area contributed by atoms with Crippen LogP contribution in [0.15, 0.2) is 36.1 Å². The largest absolute Gasteiger partial charge is 0.383 e. The van der Waals surface area contributed by atoms with Crippen LogP contribution in [0.1, 0.15) is 13.8 Å². The quantitative estimate of drug-likeness (QED) is 0.478. The Morgan fingerprint density at radius 3 is 2.71 bits per heavy atom. The number of hydrogen-bond donors (Lipinski definition) is 0. The lowest BCUT2D eigenvalue weighted by Gasteiger charge is -2.24. The van der Waals surface area contributed by atoms with Gasteiger partial charge >= 0.3 is 0 Å². The summed E-state index contributed by atoms with van der Waals surface area (Å²) in [6, 6.07) is 0. The first kappa shape index (κ1) is 14.0. The van der Waals surface area contributed by atoms with E-state index in [-0.39, 0.29) is 0 Å². The van der Waals surface area contributed by atoms with Crippen molar-refractivity contribution in [3.05, 3.63) is 36.1 Å². The highest BCUT2D eigenvalue weighted by atomic mass is 16.6. The van der Waals surface area contributed by atoms with Gasteiger partial charge in [0.1, 0.15) is 0 Å². The molecule has 3 nitrogen and oxygen atoms in total. The second-order valence-electron chi connectivity index (χ2n) is 3.99. The Hall–Kier alpha value is -1.06. The number of nitrogens with zero attached hydrogens (tertiary/aromatic N) is 1. The van der Waals surface area contributed by atoms with Crippen molar-refractivity contribution in [1.29, 1.82) is 0 Å². The summed E-state index contributed by atoms with van der Waals surface area (Å²) in [7, 11) is 1.73. The normalized spacial score (nSPS) is 20.4. The molecule has 1 aliphatic heterocycles. The molecule has 0 aromatic heterocycles. The summed E-state index contributed by atoms with van der Waals surface area (Å²) in [4.78, 5) is 2.31. The molecule has 0 aliphatic carbocycles. The number of ether oxygens (including phenoxy) is 2. The van der Waals surface area contributed by atoms with E-state index in [1.54, 1.807) is 7.11 Å². The molecule has 17 heavy (non-hydrogen) atoms. The summed E-state index contributed by atoms with van der Waals surface area (Å²) in [6.45, 7) is 7.54. The smallest absolute Gasteiger partial charge is 0.0984 e. The summed E-state index contributed by atoms with van der Waals surface area (Å²) in [5.74, 6) is 0. The van der Waals surface area contributed by atoms with Gasteiger partial charge in [0.2, 0.25) is 0 Å². The van der Waals surface area contributed by atoms with Crippen LogP contribution in [-0.2, 0) is 9.47 Å². The molecule has 0 radical (unpaired) electrons. The molecule has 1 saturated heterocycles. The van der Waals surface area contributed by atoms with Crippen molar-refractivity contribution in [2.24, 2.45) is 0 Å². The fourth-order valence-corrected chi connectivity index (χ4v) is 1.60. The van der Waals surface area contributed by atoms with Gasteiger partial charge in [0.15, 0.2) is 0 Å². The van der Waals surface area contributed by atoms with Gasteiger partial charge in [0.05, 0.1) is 19.3 Å². The van der Waals surface area contributed by atoms with Gasteiger partial charge in [-0.2, -0.15) is 0 Å². The van der Waals surface area contributed by atoms with Crippen LogP contribution >= 0.6 is 0 Å². The molecular formula is C14H23NO2. The standard InChI is InChI=1S/C14H23NO2/c1-4-6-7-8-13(5-2)15(9-10-16-3)11-14-12-17-14/h4-8,14H,9-12H2,1-3H3/b6-4-,8-7-,13-5+. The molecule has 0 N–H and O–H groups in total. The van der Waals surface area contributed by atoms with Crippen molar-refractivity contribution in [3.8, 4) is 0 Å². The molecule has 0 amide bonds. The van der Waals surface area contributed by atoms with E-state index in [4.69, 9.17) is 9.47 Å². The average molecular weight is 237 g/mol. The number of methoxy groups -OCH3 is 1. The van der Waals surface area contributed by atoms with Crippen molar-refractivity contribution in [2.45, 2.75) is 20.0 Å². The molecule has 0 bridgehead atoms. The van der Waals surface area contributed by atoms with Crippen LogP contribution in [-0.4, -0.2) is 44.4 Å². The molecule has 3 heteroatoms. The van der Waals surface area contributed by atoms with Gasteiger partial charge in [-0.3, -0.25) is 0 Å². The zero-order valence-corrected chi connectivity index (χ0v) is 11.1. The highest BCUT2D eigenvalue weighted by molar-refractivity contribution is 5.21. The first-order chi connectivity index (χ1) is 8.31. The molecule has 0 aromatic rings. The molecule has 1 atom stereocenters. The zero-order chi connectivity index (χ0) is 12.5. The van der Waals surface area contributed by atoms with Crippen LogP contribution in [0.2, 0.25) is 0 Å². The van der Waals surface area contributed by atoms with Crippen LogP contribution in [0, 0.1) is 0 Å². The molecule has 1 unspecified atom stereocenters. The maximum Gasteiger partial charge on any atom is 0.0984 e. The van der Waals surface area contributed by atoms with Gasteiger partial charge in [0.25, 0.3) is 0 Å². The van der Waals surface area contributed by atoms with Crippen LogP contribution in [0.5, 0.6) is 0 Å². The van der Waals surface area contributed by atoms with E-state index in [2.05, 4.69) is 30.1 Å². The van der Waals surface area contributed by atoms with E-state index >= 15 is 0 Å². The Kier molecular flexibility index (Phi) is 6.67. The van der Waals surface area contributed by atoms with E-state index in [1.165, 1.54) is 5.70 Å². The number of rotatable bonds is 8. The molecule has 1 rings (SSSR count). The minimum absolute atomic E-state index is 0.400. The second-order valence-corrected chi connectivity index (χ2v) is 3.99. The fourth-order valence-electron chi connectivity index (χ4n) is 1.60. The van der Waals surface area contributed by atoms with Crippen LogP contribution in [0.3, 0.4) is 0 Å². The zero-order valence-electron chi connectivity index (χ0n) is 11.1. The lowest BCUT2D eigenvalue weighted by molar-refractivity contribution is 0.161. The Labute approximate surface area is 104 Å². The third-order valence-electron chi connectivity index (χ3n) is 2.62.